The second kappa shape index (κ2) is 6.64. The Hall–Kier alpha value is -0.640. The topological polar surface area (TPSA) is 63.2 Å². The Labute approximate surface area is 148 Å². The summed E-state index contributed by atoms with van der Waals surface area (Å²) in [6.45, 7) is 0. The van der Waals surface area contributed by atoms with Gasteiger partial charge >= 0.3 is 0 Å². The second-order valence-corrected chi connectivity index (χ2v) is 8.68. The fourth-order valence-electron chi connectivity index (χ4n) is 1.58. The van der Waals surface area contributed by atoms with Gasteiger partial charge in [0.2, 0.25) is 0 Å². The van der Waals surface area contributed by atoms with Gasteiger partial charge in [-0.25, -0.2) is 8.42 Å². The van der Waals surface area contributed by atoms with Crippen LogP contribution < -0.4 is 5.32 Å². The van der Waals surface area contributed by atoms with Gasteiger partial charge in [0.25, 0.3) is 15.0 Å². The molecule has 0 fully saturated rings. The second-order valence-electron chi connectivity index (χ2n) is 4.04. The van der Waals surface area contributed by atoms with Crippen molar-refractivity contribution in [3.05, 3.63) is 56.1 Å². The number of halogens is 3. The van der Waals surface area contributed by atoms with Crippen LogP contribution in [0.2, 0.25) is 0 Å². The van der Waals surface area contributed by atoms with Gasteiger partial charge in [0.15, 0.2) is 0 Å². The van der Waals surface area contributed by atoms with E-state index < -0.39 is 9.05 Å². The van der Waals surface area contributed by atoms with Crippen LogP contribution in [-0.2, 0) is 9.05 Å². The van der Waals surface area contributed by atoms with Gasteiger partial charge in [0, 0.05) is 30.0 Å². The van der Waals surface area contributed by atoms with Gasteiger partial charge in [0.05, 0.1) is 4.90 Å². The van der Waals surface area contributed by atoms with Crippen LogP contribution in [0.5, 0.6) is 0 Å². The molecule has 8 heteroatoms. The third-order valence-corrected chi connectivity index (χ3v) is 5.58. The van der Waals surface area contributed by atoms with E-state index in [-0.39, 0.29) is 15.3 Å². The van der Waals surface area contributed by atoms with E-state index in [1.165, 1.54) is 18.2 Å². The SMILES string of the molecule is O=C(Nc1ccc(S(=O)(=O)Cl)c(Br)c1)c1ccc(I)cc1. The molecule has 0 radical (unpaired) electrons. The lowest BCUT2D eigenvalue weighted by Crippen LogP contribution is -2.12. The highest BCUT2D eigenvalue weighted by Gasteiger charge is 2.15. The molecule has 0 aliphatic carbocycles. The van der Waals surface area contributed by atoms with Gasteiger partial charge in [-0.2, -0.15) is 0 Å². The molecule has 0 saturated heterocycles. The molecule has 0 atom stereocenters. The number of carbonyl (C=O) groups excluding carboxylic acids is 1. The summed E-state index contributed by atoms with van der Waals surface area (Å²) in [6, 6.07) is 11.4. The van der Waals surface area contributed by atoms with Crippen LogP contribution in [0.25, 0.3) is 0 Å². The monoisotopic (exact) mass is 499 g/mol. The highest BCUT2D eigenvalue weighted by Crippen LogP contribution is 2.28. The van der Waals surface area contributed by atoms with Crippen LogP contribution in [0.15, 0.2) is 51.8 Å². The lowest BCUT2D eigenvalue weighted by molar-refractivity contribution is 0.102. The molecular formula is C13H8BrClINO3S. The van der Waals surface area contributed by atoms with E-state index in [9.17, 15) is 13.2 Å². The summed E-state index contributed by atoms with van der Waals surface area (Å²) in [5.41, 5.74) is 0.982. The van der Waals surface area contributed by atoms with Gasteiger partial charge in [0.1, 0.15) is 0 Å². The lowest BCUT2D eigenvalue weighted by atomic mass is 10.2. The van der Waals surface area contributed by atoms with Crippen molar-refractivity contribution < 1.29 is 13.2 Å². The number of carbonyl (C=O) groups is 1. The molecule has 0 aliphatic rings. The van der Waals surface area contributed by atoms with Gasteiger partial charge < -0.3 is 5.32 Å². The molecule has 2 aromatic carbocycles. The third kappa shape index (κ3) is 4.41. The number of benzene rings is 2. The number of anilines is 1. The highest BCUT2D eigenvalue weighted by molar-refractivity contribution is 14.1. The van der Waals surface area contributed by atoms with Crippen molar-refractivity contribution >= 4 is 69.8 Å². The van der Waals surface area contributed by atoms with Crippen molar-refractivity contribution in [1.82, 2.24) is 0 Å². The van der Waals surface area contributed by atoms with Crippen LogP contribution in [0.4, 0.5) is 5.69 Å². The van der Waals surface area contributed by atoms with Gasteiger partial charge in [-0.15, -0.1) is 0 Å². The summed E-state index contributed by atoms with van der Waals surface area (Å²) in [6.07, 6.45) is 0. The molecule has 110 valence electrons. The summed E-state index contributed by atoms with van der Waals surface area (Å²) in [5, 5.41) is 2.69. The molecule has 0 saturated carbocycles. The zero-order chi connectivity index (χ0) is 15.6. The predicted molar refractivity (Wildman–Crippen MR) is 94.3 cm³/mol. The highest BCUT2D eigenvalue weighted by atomic mass is 127. The van der Waals surface area contributed by atoms with E-state index >= 15 is 0 Å². The van der Waals surface area contributed by atoms with Crippen molar-refractivity contribution in [3.63, 3.8) is 0 Å². The molecule has 0 bridgehead atoms. The quantitative estimate of drug-likeness (QED) is 0.507. The number of hydrogen-bond donors (Lipinski definition) is 1. The Morgan fingerprint density at radius 1 is 1.14 bits per heavy atom. The maximum Gasteiger partial charge on any atom is 0.262 e. The Morgan fingerprint density at radius 2 is 1.76 bits per heavy atom. The minimum Gasteiger partial charge on any atom is -0.322 e. The van der Waals surface area contributed by atoms with E-state index in [1.54, 1.807) is 12.1 Å². The average molecular weight is 501 g/mol. The Bertz CT molecular complexity index is 794. The maximum atomic E-state index is 12.0. The molecule has 1 N–H and O–H groups in total. The Morgan fingerprint density at radius 3 is 2.29 bits per heavy atom. The van der Waals surface area contributed by atoms with Crippen LogP contribution in [-0.4, -0.2) is 14.3 Å². The summed E-state index contributed by atoms with van der Waals surface area (Å²) in [7, 11) is 1.46. The lowest BCUT2D eigenvalue weighted by Gasteiger charge is -2.07. The molecule has 4 nitrogen and oxygen atoms in total. The van der Waals surface area contributed by atoms with Crippen LogP contribution in [0.3, 0.4) is 0 Å². The third-order valence-electron chi connectivity index (χ3n) is 2.56. The fourth-order valence-corrected chi connectivity index (χ4v) is 4.16. The first-order valence-corrected chi connectivity index (χ1v) is 9.76. The number of hydrogen-bond acceptors (Lipinski definition) is 3. The first-order valence-electron chi connectivity index (χ1n) is 5.58. The molecule has 2 rings (SSSR count). The van der Waals surface area contributed by atoms with Crippen molar-refractivity contribution in [2.75, 3.05) is 5.32 Å². The minimum absolute atomic E-state index is 0.0450. The Balaban J connectivity index is 2.22. The zero-order valence-electron chi connectivity index (χ0n) is 10.3. The maximum absolute atomic E-state index is 12.0. The fraction of sp³-hybridized carbons (Fsp3) is 0. The van der Waals surface area contributed by atoms with Gasteiger partial charge in [-0.3, -0.25) is 4.79 Å². The standard InChI is InChI=1S/C13H8BrClINO3S/c14-11-7-10(5-6-12(11)21(15,19)20)17-13(18)8-1-3-9(16)4-2-8/h1-7H,(H,17,18). The normalized spacial score (nSPS) is 11.2. The number of rotatable bonds is 3. The van der Waals surface area contributed by atoms with Crippen LogP contribution in [0, 0.1) is 3.57 Å². The van der Waals surface area contributed by atoms with Crippen molar-refractivity contribution in [1.29, 1.82) is 0 Å². The molecule has 0 aliphatic heterocycles. The van der Waals surface area contributed by atoms with Gasteiger partial charge in [-0.05, 0) is 81.0 Å². The summed E-state index contributed by atoms with van der Waals surface area (Å²) >= 11 is 5.27. The zero-order valence-corrected chi connectivity index (χ0v) is 15.6. The first kappa shape index (κ1) is 16.7. The molecule has 1 amide bonds. The van der Waals surface area contributed by atoms with E-state index in [1.807, 2.05) is 12.1 Å². The van der Waals surface area contributed by atoms with E-state index in [2.05, 4.69) is 43.8 Å². The van der Waals surface area contributed by atoms with Crippen molar-refractivity contribution in [2.45, 2.75) is 4.90 Å². The molecule has 0 spiro atoms. The molecule has 21 heavy (non-hydrogen) atoms. The average Bonchev–Trinajstić information content (AvgIpc) is 2.37. The molecule has 0 heterocycles. The van der Waals surface area contributed by atoms with E-state index in [4.69, 9.17) is 10.7 Å². The molecule has 0 unspecified atom stereocenters. The van der Waals surface area contributed by atoms with Crippen molar-refractivity contribution in [3.8, 4) is 0 Å². The molecule has 0 aromatic heterocycles. The first-order chi connectivity index (χ1) is 9.77. The van der Waals surface area contributed by atoms with Crippen LogP contribution in [0.1, 0.15) is 10.4 Å². The smallest absolute Gasteiger partial charge is 0.262 e. The van der Waals surface area contributed by atoms with Gasteiger partial charge in [-0.1, -0.05) is 0 Å². The van der Waals surface area contributed by atoms with E-state index in [0.717, 1.165) is 3.57 Å². The van der Waals surface area contributed by atoms with E-state index in [0.29, 0.717) is 11.3 Å². The molecule has 2 aromatic rings. The van der Waals surface area contributed by atoms with Crippen LogP contribution >= 0.6 is 49.2 Å². The summed E-state index contributed by atoms with van der Waals surface area (Å²) in [5.74, 6) is -0.278. The number of amides is 1. The summed E-state index contributed by atoms with van der Waals surface area (Å²) < 4.78 is 23.9. The Kier molecular flexibility index (Phi) is 5.29. The molecular weight excluding hydrogens is 492 g/mol. The summed E-state index contributed by atoms with van der Waals surface area (Å²) in [4.78, 5) is 12.0. The van der Waals surface area contributed by atoms with Crippen molar-refractivity contribution in [2.24, 2.45) is 0 Å². The minimum atomic E-state index is -3.82. The predicted octanol–water partition coefficient (Wildman–Crippen LogP) is 4.23. The number of nitrogens with one attached hydrogen (secondary N) is 1. The largest absolute Gasteiger partial charge is 0.322 e.